The van der Waals surface area contributed by atoms with Gasteiger partial charge in [-0.05, 0) is 24.0 Å². The second-order valence-corrected chi connectivity index (χ2v) is 4.87. The van der Waals surface area contributed by atoms with Gasteiger partial charge in [0.1, 0.15) is 11.5 Å². The molecule has 0 radical (unpaired) electrons. The second kappa shape index (κ2) is 6.24. The molecule has 2 rings (SSSR count). The summed E-state index contributed by atoms with van der Waals surface area (Å²) in [5.74, 6) is 0.448. The number of phenols is 1. The van der Waals surface area contributed by atoms with Gasteiger partial charge in [0.2, 0.25) is 0 Å². The van der Waals surface area contributed by atoms with E-state index in [1.165, 1.54) is 0 Å². The summed E-state index contributed by atoms with van der Waals surface area (Å²) in [6.45, 7) is 4.14. The van der Waals surface area contributed by atoms with Crippen molar-refractivity contribution in [3.8, 4) is 5.75 Å². The van der Waals surface area contributed by atoms with E-state index in [-0.39, 0.29) is 11.7 Å². The van der Waals surface area contributed by atoms with Gasteiger partial charge < -0.3 is 10.3 Å². The first kappa shape index (κ1) is 14.1. The van der Waals surface area contributed by atoms with Crippen molar-refractivity contribution in [3.05, 3.63) is 65.2 Å². The van der Waals surface area contributed by atoms with Crippen LogP contribution in [0.1, 0.15) is 42.9 Å². The number of nitrogens with zero attached hydrogens (tertiary/aromatic N) is 1. The minimum Gasteiger partial charge on any atom is -0.507 e. The molecule has 104 valence electrons. The number of benzene rings is 2. The van der Waals surface area contributed by atoms with Crippen molar-refractivity contribution in [2.24, 2.45) is 5.16 Å². The van der Waals surface area contributed by atoms with Gasteiger partial charge in [-0.3, -0.25) is 0 Å². The molecular weight excluding hydrogens is 250 g/mol. The molecule has 0 aliphatic heterocycles. The lowest BCUT2D eigenvalue weighted by atomic mass is 9.92. The zero-order valence-electron chi connectivity index (χ0n) is 11.7. The molecule has 0 aliphatic carbocycles. The predicted octanol–water partition coefficient (Wildman–Crippen LogP) is 4.13. The van der Waals surface area contributed by atoms with E-state index in [4.69, 9.17) is 0 Å². The van der Waals surface area contributed by atoms with Gasteiger partial charge in [-0.1, -0.05) is 61.5 Å². The number of rotatable bonds is 4. The van der Waals surface area contributed by atoms with Crippen LogP contribution >= 0.6 is 0 Å². The Morgan fingerprint density at radius 2 is 1.80 bits per heavy atom. The van der Waals surface area contributed by atoms with Crippen LogP contribution in [0.3, 0.4) is 0 Å². The Balaban J connectivity index is 2.52. The van der Waals surface area contributed by atoms with E-state index in [0.29, 0.717) is 11.3 Å². The Morgan fingerprint density at radius 3 is 2.40 bits per heavy atom. The summed E-state index contributed by atoms with van der Waals surface area (Å²) < 4.78 is 0. The van der Waals surface area contributed by atoms with Crippen LogP contribution in [-0.2, 0) is 0 Å². The highest BCUT2D eigenvalue weighted by Crippen LogP contribution is 2.32. The Hall–Kier alpha value is -2.29. The van der Waals surface area contributed by atoms with Gasteiger partial charge >= 0.3 is 0 Å². The monoisotopic (exact) mass is 269 g/mol. The number of aromatic hydroxyl groups is 1. The lowest BCUT2D eigenvalue weighted by Crippen LogP contribution is -2.05. The third kappa shape index (κ3) is 2.67. The molecule has 20 heavy (non-hydrogen) atoms. The summed E-state index contributed by atoms with van der Waals surface area (Å²) in [6.07, 6.45) is 0.938. The van der Waals surface area contributed by atoms with E-state index >= 15 is 0 Å². The highest BCUT2D eigenvalue weighted by atomic mass is 16.4. The molecule has 0 aromatic heterocycles. The number of para-hydroxylation sites is 1. The minimum absolute atomic E-state index is 0.193. The quantitative estimate of drug-likeness (QED) is 0.498. The first-order valence-electron chi connectivity index (χ1n) is 6.78. The van der Waals surface area contributed by atoms with Gasteiger partial charge in [-0.2, -0.15) is 0 Å². The molecule has 1 atom stereocenters. The van der Waals surface area contributed by atoms with Crippen molar-refractivity contribution >= 4 is 5.71 Å². The molecule has 2 N–H and O–H groups in total. The Bertz CT molecular complexity index is 606. The lowest BCUT2D eigenvalue weighted by molar-refractivity contribution is 0.319. The lowest BCUT2D eigenvalue weighted by Gasteiger charge is -2.15. The maximum absolute atomic E-state index is 10.5. The number of hydrogen-bond acceptors (Lipinski definition) is 3. The number of hydrogen-bond donors (Lipinski definition) is 2. The minimum atomic E-state index is 0.193. The fourth-order valence-corrected chi connectivity index (χ4v) is 2.23. The summed E-state index contributed by atoms with van der Waals surface area (Å²) in [7, 11) is 0. The largest absolute Gasteiger partial charge is 0.507 e. The normalized spacial score (nSPS) is 13.2. The molecule has 0 saturated heterocycles. The average molecular weight is 269 g/mol. The molecule has 0 aliphatic rings. The number of oxime groups is 1. The summed E-state index contributed by atoms with van der Waals surface area (Å²) >= 11 is 0. The predicted molar refractivity (Wildman–Crippen MR) is 80.7 cm³/mol. The molecule has 0 heterocycles. The van der Waals surface area contributed by atoms with E-state index in [9.17, 15) is 10.3 Å². The van der Waals surface area contributed by atoms with Crippen molar-refractivity contribution in [3.63, 3.8) is 0 Å². The molecule has 1 unspecified atom stereocenters. The van der Waals surface area contributed by atoms with Gasteiger partial charge in [-0.15, -0.1) is 0 Å². The maximum atomic E-state index is 10.5. The molecule has 3 nitrogen and oxygen atoms in total. The van der Waals surface area contributed by atoms with E-state index in [2.05, 4.69) is 19.0 Å². The van der Waals surface area contributed by atoms with E-state index in [1.807, 2.05) is 42.5 Å². The van der Waals surface area contributed by atoms with Crippen molar-refractivity contribution < 1.29 is 10.3 Å². The highest BCUT2D eigenvalue weighted by molar-refractivity contribution is 6.14. The fraction of sp³-hybridized carbons (Fsp3) is 0.235. The smallest absolute Gasteiger partial charge is 0.128 e. The van der Waals surface area contributed by atoms with Crippen LogP contribution in [0.5, 0.6) is 5.75 Å². The van der Waals surface area contributed by atoms with Gasteiger partial charge in [-0.25, -0.2) is 0 Å². The van der Waals surface area contributed by atoms with Gasteiger partial charge in [0.05, 0.1) is 0 Å². The van der Waals surface area contributed by atoms with Crippen LogP contribution in [0.15, 0.2) is 53.7 Å². The van der Waals surface area contributed by atoms with Crippen LogP contribution in [0.25, 0.3) is 0 Å². The van der Waals surface area contributed by atoms with Gasteiger partial charge in [0.15, 0.2) is 0 Å². The van der Waals surface area contributed by atoms with Crippen LogP contribution in [0, 0.1) is 0 Å². The van der Waals surface area contributed by atoms with Gasteiger partial charge in [0.25, 0.3) is 0 Å². The highest BCUT2D eigenvalue weighted by Gasteiger charge is 2.17. The van der Waals surface area contributed by atoms with Crippen molar-refractivity contribution in [2.45, 2.75) is 26.2 Å². The Morgan fingerprint density at radius 1 is 1.10 bits per heavy atom. The van der Waals surface area contributed by atoms with Crippen molar-refractivity contribution in [1.29, 1.82) is 0 Å². The maximum Gasteiger partial charge on any atom is 0.128 e. The topological polar surface area (TPSA) is 52.8 Å². The first-order chi connectivity index (χ1) is 9.69. The van der Waals surface area contributed by atoms with Crippen LogP contribution < -0.4 is 0 Å². The summed E-state index contributed by atoms with van der Waals surface area (Å²) in [5, 5.41) is 23.2. The zero-order chi connectivity index (χ0) is 14.5. The van der Waals surface area contributed by atoms with Gasteiger partial charge in [0, 0.05) is 11.1 Å². The SMILES string of the molecule is CCC(C)c1cccc(/C(=N/O)c2ccccc2)c1O. The molecule has 0 bridgehead atoms. The van der Waals surface area contributed by atoms with Crippen LogP contribution in [0.4, 0.5) is 0 Å². The zero-order valence-corrected chi connectivity index (χ0v) is 11.7. The van der Waals surface area contributed by atoms with E-state index < -0.39 is 0 Å². The molecule has 3 heteroatoms. The van der Waals surface area contributed by atoms with E-state index in [1.54, 1.807) is 6.07 Å². The summed E-state index contributed by atoms with van der Waals surface area (Å²) in [4.78, 5) is 0. The van der Waals surface area contributed by atoms with Crippen molar-refractivity contribution in [1.82, 2.24) is 0 Å². The summed E-state index contributed by atoms with van der Waals surface area (Å²) in [6, 6.07) is 14.9. The molecule has 0 amide bonds. The Kier molecular flexibility index (Phi) is 4.41. The standard InChI is InChI=1S/C17H19NO2/c1-3-12(2)14-10-7-11-15(17(14)19)16(18-20)13-8-5-4-6-9-13/h4-12,19-20H,3H2,1-2H3/b18-16+. The van der Waals surface area contributed by atoms with E-state index in [0.717, 1.165) is 17.5 Å². The summed E-state index contributed by atoms with van der Waals surface area (Å²) in [5.41, 5.74) is 2.58. The molecule has 0 spiro atoms. The average Bonchev–Trinajstić information content (AvgIpc) is 2.50. The molecule has 0 fully saturated rings. The fourth-order valence-electron chi connectivity index (χ4n) is 2.23. The second-order valence-electron chi connectivity index (χ2n) is 4.87. The molecule has 2 aromatic rings. The molecular formula is C17H19NO2. The van der Waals surface area contributed by atoms with Crippen LogP contribution in [-0.4, -0.2) is 16.0 Å². The number of phenolic OH excluding ortho intramolecular Hbond substituents is 1. The first-order valence-corrected chi connectivity index (χ1v) is 6.78. The van der Waals surface area contributed by atoms with Crippen LogP contribution in [0.2, 0.25) is 0 Å². The third-order valence-electron chi connectivity index (χ3n) is 3.61. The third-order valence-corrected chi connectivity index (χ3v) is 3.61. The molecule has 2 aromatic carbocycles. The van der Waals surface area contributed by atoms with Crippen molar-refractivity contribution in [2.75, 3.05) is 0 Å². The Labute approximate surface area is 119 Å². The molecule has 0 saturated carbocycles.